The minimum Gasteiger partial charge on any atom is -0.491 e. The SMILES string of the molecule is CCCCCCCCCC(Cl)c1ccc(OC(C)C)cc1. The number of ether oxygens (including phenoxy) is 1. The molecule has 0 aliphatic heterocycles. The fourth-order valence-corrected chi connectivity index (χ4v) is 2.77. The van der Waals surface area contributed by atoms with Crippen LogP contribution in [0, 0.1) is 0 Å². The number of unbranched alkanes of at least 4 members (excludes halogenated alkanes) is 6. The van der Waals surface area contributed by atoms with Crippen molar-refractivity contribution < 1.29 is 4.74 Å². The van der Waals surface area contributed by atoms with Gasteiger partial charge in [0.1, 0.15) is 5.75 Å². The molecule has 0 saturated carbocycles. The molecule has 1 rings (SSSR count). The van der Waals surface area contributed by atoms with Gasteiger partial charge in [-0.05, 0) is 38.0 Å². The lowest BCUT2D eigenvalue weighted by molar-refractivity contribution is 0.242. The first-order valence-corrected chi connectivity index (χ1v) is 8.97. The standard InChI is InChI=1S/C19H31ClO/c1-4-5-6-7-8-9-10-11-19(20)17-12-14-18(15-13-17)21-16(2)3/h12-16,19H,4-11H2,1-3H3. The fourth-order valence-electron chi connectivity index (χ4n) is 2.47. The van der Waals surface area contributed by atoms with E-state index in [0.717, 1.165) is 12.2 Å². The maximum Gasteiger partial charge on any atom is 0.119 e. The summed E-state index contributed by atoms with van der Waals surface area (Å²) in [6.45, 7) is 6.34. The number of hydrogen-bond acceptors (Lipinski definition) is 1. The molecule has 0 spiro atoms. The van der Waals surface area contributed by atoms with Crippen molar-refractivity contribution in [1.82, 2.24) is 0 Å². The summed E-state index contributed by atoms with van der Waals surface area (Å²) in [6, 6.07) is 8.23. The first-order valence-electron chi connectivity index (χ1n) is 8.54. The van der Waals surface area contributed by atoms with E-state index in [-0.39, 0.29) is 11.5 Å². The van der Waals surface area contributed by atoms with Crippen molar-refractivity contribution in [1.29, 1.82) is 0 Å². The van der Waals surface area contributed by atoms with Crippen LogP contribution in [0.4, 0.5) is 0 Å². The predicted octanol–water partition coefficient (Wildman–Crippen LogP) is 6.89. The molecule has 0 aliphatic carbocycles. The van der Waals surface area contributed by atoms with E-state index >= 15 is 0 Å². The van der Waals surface area contributed by atoms with Gasteiger partial charge in [-0.3, -0.25) is 0 Å². The summed E-state index contributed by atoms with van der Waals surface area (Å²) in [6.07, 6.45) is 10.6. The molecular formula is C19H31ClO. The molecule has 0 fully saturated rings. The Balaban J connectivity index is 2.21. The monoisotopic (exact) mass is 310 g/mol. The van der Waals surface area contributed by atoms with E-state index in [1.54, 1.807) is 0 Å². The molecule has 0 heterocycles. The van der Waals surface area contributed by atoms with Gasteiger partial charge >= 0.3 is 0 Å². The molecule has 0 N–H and O–H groups in total. The third kappa shape index (κ3) is 8.36. The Hall–Kier alpha value is -0.690. The fraction of sp³-hybridized carbons (Fsp3) is 0.684. The molecule has 21 heavy (non-hydrogen) atoms. The van der Waals surface area contributed by atoms with Crippen LogP contribution in [0.5, 0.6) is 5.75 Å². The number of halogens is 1. The second kappa shape index (κ2) is 11.0. The highest BCUT2D eigenvalue weighted by Gasteiger charge is 2.08. The van der Waals surface area contributed by atoms with Crippen LogP contribution in [0.3, 0.4) is 0 Å². The molecule has 120 valence electrons. The van der Waals surface area contributed by atoms with E-state index in [4.69, 9.17) is 16.3 Å². The summed E-state index contributed by atoms with van der Waals surface area (Å²) >= 11 is 6.49. The van der Waals surface area contributed by atoms with Gasteiger partial charge in [0, 0.05) is 0 Å². The van der Waals surface area contributed by atoms with Gasteiger partial charge < -0.3 is 4.74 Å². The quantitative estimate of drug-likeness (QED) is 0.319. The first kappa shape index (κ1) is 18.4. The van der Waals surface area contributed by atoms with Crippen molar-refractivity contribution in [3.8, 4) is 5.75 Å². The normalized spacial score (nSPS) is 12.6. The molecule has 0 radical (unpaired) electrons. The van der Waals surface area contributed by atoms with Crippen LogP contribution in [-0.4, -0.2) is 6.10 Å². The highest BCUT2D eigenvalue weighted by molar-refractivity contribution is 6.20. The van der Waals surface area contributed by atoms with E-state index in [2.05, 4.69) is 19.1 Å². The lowest BCUT2D eigenvalue weighted by Crippen LogP contribution is -2.05. The minimum absolute atomic E-state index is 0.133. The van der Waals surface area contributed by atoms with Crippen LogP contribution in [0.1, 0.15) is 83.1 Å². The van der Waals surface area contributed by atoms with Gasteiger partial charge in [0.25, 0.3) is 0 Å². The second-order valence-electron chi connectivity index (χ2n) is 6.11. The molecule has 1 nitrogen and oxygen atoms in total. The zero-order valence-corrected chi connectivity index (χ0v) is 14.7. The highest BCUT2D eigenvalue weighted by atomic mass is 35.5. The summed E-state index contributed by atoms with van der Waals surface area (Å²) < 4.78 is 5.65. The van der Waals surface area contributed by atoms with Crippen molar-refractivity contribution in [3.05, 3.63) is 29.8 Å². The van der Waals surface area contributed by atoms with Gasteiger partial charge in [0.05, 0.1) is 11.5 Å². The van der Waals surface area contributed by atoms with E-state index in [0.29, 0.717) is 0 Å². The number of benzene rings is 1. The molecule has 1 aromatic carbocycles. The highest BCUT2D eigenvalue weighted by Crippen LogP contribution is 2.28. The molecule has 0 bridgehead atoms. The third-order valence-corrected chi connectivity index (χ3v) is 4.14. The molecule has 0 aliphatic rings. The van der Waals surface area contributed by atoms with Crippen LogP contribution in [-0.2, 0) is 0 Å². The van der Waals surface area contributed by atoms with Gasteiger partial charge in [-0.15, -0.1) is 11.6 Å². The van der Waals surface area contributed by atoms with Gasteiger partial charge in [0.15, 0.2) is 0 Å². The van der Waals surface area contributed by atoms with Crippen LogP contribution in [0.2, 0.25) is 0 Å². The Morgan fingerprint density at radius 1 is 0.905 bits per heavy atom. The van der Waals surface area contributed by atoms with Crippen LogP contribution >= 0.6 is 11.6 Å². The summed E-state index contributed by atoms with van der Waals surface area (Å²) in [4.78, 5) is 0. The average Bonchev–Trinajstić information content (AvgIpc) is 2.46. The third-order valence-electron chi connectivity index (χ3n) is 3.67. The maximum absolute atomic E-state index is 6.49. The first-order chi connectivity index (χ1) is 10.1. The van der Waals surface area contributed by atoms with Crippen molar-refractivity contribution in [2.24, 2.45) is 0 Å². The molecule has 1 atom stereocenters. The molecule has 0 saturated heterocycles. The molecule has 1 unspecified atom stereocenters. The number of alkyl halides is 1. The molecule has 2 heteroatoms. The van der Waals surface area contributed by atoms with Gasteiger partial charge in [-0.25, -0.2) is 0 Å². The van der Waals surface area contributed by atoms with Crippen molar-refractivity contribution in [2.45, 2.75) is 83.6 Å². The Morgan fingerprint density at radius 3 is 2.05 bits per heavy atom. The number of rotatable bonds is 11. The smallest absolute Gasteiger partial charge is 0.119 e. The van der Waals surface area contributed by atoms with Gasteiger partial charge in [-0.1, -0.05) is 64.0 Å². The van der Waals surface area contributed by atoms with Crippen LogP contribution in [0.25, 0.3) is 0 Å². The van der Waals surface area contributed by atoms with E-state index in [9.17, 15) is 0 Å². The maximum atomic E-state index is 6.49. The van der Waals surface area contributed by atoms with Crippen LogP contribution < -0.4 is 4.74 Å². The zero-order valence-electron chi connectivity index (χ0n) is 13.9. The summed E-state index contributed by atoms with van der Waals surface area (Å²) in [5, 5.41) is 0.133. The Kier molecular flexibility index (Phi) is 9.58. The Morgan fingerprint density at radius 2 is 1.48 bits per heavy atom. The molecule has 0 amide bonds. The number of hydrogen-bond donors (Lipinski definition) is 0. The molecule has 0 aromatic heterocycles. The molecular weight excluding hydrogens is 280 g/mol. The second-order valence-corrected chi connectivity index (χ2v) is 6.64. The van der Waals surface area contributed by atoms with E-state index in [1.807, 2.05) is 26.0 Å². The van der Waals surface area contributed by atoms with Crippen molar-refractivity contribution >= 4 is 11.6 Å². The zero-order chi connectivity index (χ0) is 15.5. The summed E-state index contributed by atoms with van der Waals surface area (Å²) in [5.74, 6) is 0.925. The Bertz CT molecular complexity index is 358. The topological polar surface area (TPSA) is 9.23 Å². The van der Waals surface area contributed by atoms with Gasteiger partial charge in [0.2, 0.25) is 0 Å². The van der Waals surface area contributed by atoms with Crippen LogP contribution in [0.15, 0.2) is 24.3 Å². The minimum atomic E-state index is 0.133. The van der Waals surface area contributed by atoms with E-state index < -0.39 is 0 Å². The van der Waals surface area contributed by atoms with Crippen molar-refractivity contribution in [3.63, 3.8) is 0 Å². The Labute approximate surface area is 136 Å². The predicted molar refractivity (Wildman–Crippen MR) is 93.4 cm³/mol. The lowest BCUT2D eigenvalue weighted by Gasteiger charge is -2.13. The van der Waals surface area contributed by atoms with Gasteiger partial charge in [-0.2, -0.15) is 0 Å². The largest absolute Gasteiger partial charge is 0.491 e. The van der Waals surface area contributed by atoms with E-state index in [1.165, 1.54) is 50.5 Å². The summed E-state index contributed by atoms with van der Waals surface area (Å²) in [7, 11) is 0. The lowest BCUT2D eigenvalue weighted by atomic mass is 10.0. The average molecular weight is 311 g/mol. The van der Waals surface area contributed by atoms with Crippen molar-refractivity contribution in [2.75, 3.05) is 0 Å². The summed E-state index contributed by atoms with van der Waals surface area (Å²) in [5.41, 5.74) is 1.21. The molecule has 1 aromatic rings.